The van der Waals surface area contributed by atoms with E-state index in [0.29, 0.717) is 13.2 Å². The van der Waals surface area contributed by atoms with Gasteiger partial charge in [0.15, 0.2) is 0 Å². The highest BCUT2D eigenvalue weighted by atomic mass is 16.5. The Bertz CT molecular complexity index is 165. The van der Waals surface area contributed by atoms with Crippen LogP contribution in [0.1, 0.15) is 46.5 Å². The number of carbonyl (C=O) groups is 1. The fourth-order valence-corrected chi connectivity index (χ4v) is 1.55. The molecule has 1 atom stereocenters. The molecule has 0 amide bonds. The van der Waals surface area contributed by atoms with Gasteiger partial charge in [-0.1, -0.05) is 26.7 Å². The Balaban J connectivity index is 4.42. The fourth-order valence-electron chi connectivity index (χ4n) is 1.55. The standard InChI is InChI=1S/C11H23NO2/c1-4-7-8-11(5-2,9-12)10(13)14-6-3/h4-9,12H2,1-3H3. The Morgan fingerprint density at radius 2 is 2.00 bits per heavy atom. The summed E-state index contributed by atoms with van der Waals surface area (Å²) >= 11 is 0. The second-order valence-electron chi connectivity index (χ2n) is 3.66. The summed E-state index contributed by atoms with van der Waals surface area (Å²) in [6.45, 7) is 6.77. The molecule has 0 saturated heterocycles. The molecule has 14 heavy (non-hydrogen) atoms. The highest BCUT2D eigenvalue weighted by Crippen LogP contribution is 2.29. The van der Waals surface area contributed by atoms with Gasteiger partial charge in [0, 0.05) is 6.54 Å². The lowest BCUT2D eigenvalue weighted by molar-refractivity contribution is -0.155. The third-order valence-corrected chi connectivity index (χ3v) is 2.78. The molecule has 0 aromatic rings. The predicted molar refractivity (Wildman–Crippen MR) is 57.9 cm³/mol. The number of unbranched alkanes of at least 4 members (excludes halogenated alkanes) is 1. The maximum absolute atomic E-state index is 11.7. The number of esters is 1. The molecule has 0 bridgehead atoms. The van der Waals surface area contributed by atoms with Gasteiger partial charge >= 0.3 is 5.97 Å². The van der Waals surface area contributed by atoms with Crippen molar-refractivity contribution in [1.82, 2.24) is 0 Å². The second-order valence-corrected chi connectivity index (χ2v) is 3.66. The van der Waals surface area contributed by atoms with Gasteiger partial charge in [0.25, 0.3) is 0 Å². The van der Waals surface area contributed by atoms with Gasteiger partial charge in [-0.05, 0) is 19.8 Å². The molecule has 3 heteroatoms. The SMILES string of the molecule is CCCCC(CC)(CN)C(=O)OCC. The molecule has 0 spiro atoms. The summed E-state index contributed by atoms with van der Waals surface area (Å²) in [4.78, 5) is 11.7. The molecule has 0 fully saturated rings. The first-order chi connectivity index (χ1) is 6.66. The van der Waals surface area contributed by atoms with Crippen molar-refractivity contribution in [3.8, 4) is 0 Å². The maximum atomic E-state index is 11.7. The lowest BCUT2D eigenvalue weighted by Crippen LogP contribution is -2.39. The second kappa shape index (κ2) is 6.82. The topological polar surface area (TPSA) is 52.3 Å². The van der Waals surface area contributed by atoms with Crippen LogP contribution in [0.15, 0.2) is 0 Å². The van der Waals surface area contributed by atoms with Crippen molar-refractivity contribution >= 4 is 5.97 Å². The summed E-state index contributed by atoms with van der Waals surface area (Å²) in [5.74, 6) is -0.126. The first kappa shape index (κ1) is 13.4. The molecule has 0 radical (unpaired) electrons. The van der Waals surface area contributed by atoms with Gasteiger partial charge in [-0.15, -0.1) is 0 Å². The van der Waals surface area contributed by atoms with Crippen molar-refractivity contribution in [3.63, 3.8) is 0 Å². The molecular formula is C11H23NO2. The zero-order valence-electron chi connectivity index (χ0n) is 9.64. The Labute approximate surface area is 87.0 Å². The minimum atomic E-state index is -0.438. The van der Waals surface area contributed by atoms with Gasteiger partial charge in [-0.3, -0.25) is 4.79 Å². The van der Waals surface area contributed by atoms with Crippen LogP contribution >= 0.6 is 0 Å². The zero-order chi connectivity index (χ0) is 11.0. The van der Waals surface area contributed by atoms with E-state index in [1.807, 2.05) is 13.8 Å². The zero-order valence-corrected chi connectivity index (χ0v) is 9.64. The first-order valence-electron chi connectivity index (χ1n) is 5.54. The van der Waals surface area contributed by atoms with Crippen LogP contribution in [0.4, 0.5) is 0 Å². The van der Waals surface area contributed by atoms with Crippen LogP contribution < -0.4 is 5.73 Å². The van der Waals surface area contributed by atoms with Crippen molar-refractivity contribution in [2.24, 2.45) is 11.1 Å². The predicted octanol–water partition coefficient (Wildman–Crippen LogP) is 2.09. The first-order valence-corrected chi connectivity index (χ1v) is 5.54. The average molecular weight is 201 g/mol. The molecule has 0 aromatic heterocycles. The average Bonchev–Trinajstić information content (AvgIpc) is 2.21. The molecule has 0 aliphatic rings. The smallest absolute Gasteiger partial charge is 0.313 e. The molecular weight excluding hydrogens is 178 g/mol. The van der Waals surface area contributed by atoms with Gasteiger partial charge in [-0.2, -0.15) is 0 Å². The summed E-state index contributed by atoms with van der Waals surface area (Å²) in [5, 5.41) is 0. The van der Waals surface area contributed by atoms with Gasteiger partial charge in [-0.25, -0.2) is 0 Å². The molecule has 84 valence electrons. The Hall–Kier alpha value is -0.570. The van der Waals surface area contributed by atoms with Gasteiger partial charge in [0.05, 0.1) is 12.0 Å². The highest BCUT2D eigenvalue weighted by molar-refractivity contribution is 5.77. The van der Waals surface area contributed by atoms with E-state index in [2.05, 4.69) is 6.92 Å². The number of nitrogens with two attached hydrogens (primary N) is 1. The fraction of sp³-hybridized carbons (Fsp3) is 0.909. The van der Waals surface area contributed by atoms with Crippen molar-refractivity contribution in [3.05, 3.63) is 0 Å². The van der Waals surface area contributed by atoms with Crippen molar-refractivity contribution < 1.29 is 9.53 Å². The Morgan fingerprint density at radius 1 is 1.36 bits per heavy atom. The molecule has 0 aliphatic heterocycles. The molecule has 0 heterocycles. The molecule has 0 aliphatic carbocycles. The quantitative estimate of drug-likeness (QED) is 0.642. The summed E-state index contributed by atoms with van der Waals surface area (Å²) in [5.41, 5.74) is 5.25. The van der Waals surface area contributed by atoms with Crippen LogP contribution in [-0.4, -0.2) is 19.1 Å². The largest absolute Gasteiger partial charge is 0.466 e. The van der Waals surface area contributed by atoms with Crippen LogP contribution in [-0.2, 0) is 9.53 Å². The number of hydrogen-bond donors (Lipinski definition) is 1. The molecule has 3 nitrogen and oxygen atoms in total. The van der Waals surface area contributed by atoms with Crippen LogP contribution in [0.25, 0.3) is 0 Å². The van der Waals surface area contributed by atoms with Crippen molar-refractivity contribution in [2.45, 2.75) is 46.5 Å². The minimum Gasteiger partial charge on any atom is -0.466 e. The van der Waals surface area contributed by atoms with Gasteiger partial charge in [0.2, 0.25) is 0 Å². The van der Waals surface area contributed by atoms with Crippen LogP contribution in [0, 0.1) is 5.41 Å². The lowest BCUT2D eigenvalue weighted by Gasteiger charge is -2.28. The molecule has 2 N–H and O–H groups in total. The van der Waals surface area contributed by atoms with Crippen LogP contribution in [0.2, 0.25) is 0 Å². The van der Waals surface area contributed by atoms with E-state index >= 15 is 0 Å². The van der Waals surface area contributed by atoms with E-state index < -0.39 is 5.41 Å². The normalized spacial score (nSPS) is 14.9. The summed E-state index contributed by atoms with van der Waals surface area (Å²) in [6, 6.07) is 0. The van der Waals surface area contributed by atoms with Crippen molar-refractivity contribution in [1.29, 1.82) is 0 Å². The lowest BCUT2D eigenvalue weighted by atomic mass is 9.80. The number of hydrogen-bond acceptors (Lipinski definition) is 3. The van der Waals surface area contributed by atoms with E-state index in [9.17, 15) is 4.79 Å². The third-order valence-electron chi connectivity index (χ3n) is 2.78. The third kappa shape index (κ3) is 3.29. The number of carbonyl (C=O) groups excluding carboxylic acids is 1. The molecule has 0 rings (SSSR count). The van der Waals surface area contributed by atoms with Gasteiger partial charge < -0.3 is 10.5 Å². The van der Waals surface area contributed by atoms with E-state index in [4.69, 9.17) is 10.5 Å². The summed E-state index contributed by atoms with van der Waals surface area (Å²) < 4.78 is 5.07. The minimum absolute atomic E-state index is 0.126. The molecule has 0 aromatic carbocycles. The number of rotatable bonds is 7. The Kier molecular flexibility index (Phi) is 6.54. The number of ether oxygens (including phenoxy) is 1. The van der Waals surface area contributed by atoms with Crippen molar-refractivity contribution in [2.75, 3.05) is 13.2 Å². The van der Waals surface area contributed by atoms with E-state index in [1.165, 1.54) is 0 Å². The van der Waals surface area contributed by atoms with E-state index in [0.717, 1.165) is 25.7 Å². The highest BCUT2D eigenvalue weighted by Gasteiger charge is 2.35. The summed E-state index contributed by atoms with van der Waals surface area (Å²) in [7, 11) is 0. The summed E-state index contributed by atoms with van der Waals surface area (Å²) in [6.07, 6.45) is 3.72. The molecule has 0 saturated carbocycles. The van der Waals surface area contributed by atoms with Crippen LogP contribution in [0.3, 0.4) is 0 Å². The van der Waals surface area contributed by atoms with Crippen LogP contribution in [0.5, 0.6) is 0 Å². The van der Waals surface area contributed by atoms with E-state index in [1.54, 1.807) is 0 Å². The Morgan fingerprint density at radius 3 is 2.36 bits per heavy atom. The van der Waals surface area contributed by atoms with Gasteiger partial charge in [0.1, 0.15) is 0 Å². The molecule has 1 unspecified atom stereocenters. The monoisotopic (exact) mass is 201 g/mol. The van der Waals surface area contributed by atoms with E-state index in [-0.39, 0.29) is 5.97 Å². The maximum Gasteiger partial charge on any atom is 0.313 e.